The van der Waals surface area contributed by atoms with Gasteiger partial charge in [-0.2, -0.15) is 0 Å². The van der Waals surface area contributed by atoms with Gasteiger partial charge in [0.05, 0.1) is 17.5 Å². The highest BCUT2D eigenvalue weighted by atomic mass is 16.5. The third-order valence-electron chi connectivity index (χ3n) is 3.74. The van der Waals surface area contributed by atoms with Gasteiger partial charge in [0.25, 0.3) is 0 Å². The van der Waals surface area contributed by atoms with Crippen LogP contribution < -0.4 is 0 Å². The lowest BCUT2D eigenvalue weighted by Crippen LogP contribution is -2.33. The Bertz CT molecular complexity index is 489. The number of carboxylic acid groups (broad SMARTS) is 1. The summed E-state index contributed by atoms with van der Waals surface area (Å²) in [5, 5.41) is 12.8. The molecule has 0 bridgehead atoms. The predicted molar refractivity (Wildman–Crippen MR) is 66.7 cm³/mol. The van der Waals surface area contributed by atoms with E-state index in [-0.39, 0.29) is 11.8 Å². The van der Waals surface area contributed by atoms with Crippen molar-refractivity contribution in [2.45, 2.75) is 33.1 Å². The zero-order chi connectivity index (χ0) is 14.2. The first-order valence-electron chi connectivity index (χ1n) is 6.36. The summed E-state index contributed by atoms with van der Waals surface area (Å²) >= 11 is 0. The normalized spacial score (nSPS) is 20.6. The summed E-state index contributed by atoms with van der Waals surface area (Å²) in [6.45, 7) is 6.19. The van der Waals surface area contributed by atoms with E-state index in [1.165, 1.54) is 0 Å². The molecule has 1 saturated heterocycles. The van der Waals surface area contributed by atoms with Gasteiger partial charge in [-0.05, 0) is 27.2 Å². The zero-order valence-corrected chi connectivity index (χ0v) is 11.3. The number of hydrogen-bond donors (Lipinski definition) is 1. The Kier molecular flexibility index (Phi) is 3.59. The molecule has 1 aromatic heterocycles. The van der Waals surface area contributed by atoms with E-state index >= 15 is 0 Å². The van der Waals surface area contributed by atoms with Crippen molar-refractivity contribution in [3.63, 3.8) is 0 Å². The van der Waals surface area contributed by atoms with Gasteiger partial charge in [0.15, 0.2) is 0 Å². The van der Waals surface area contributed by atoms with Crippen molar-refractivity contribution in [3.05, 3.63) is 17.0 Å². The molecule has 0 radical (unpaired) electrons. The third kappa shape index (κ3) is 2.47. The van der Waals surface area contributed by atoms with E-state index in [0.29, 0.717) is 31.0 Å². The number of aliphatic carboxylic acids is 1. The second-order valence-electron chi connectivity index (χ2n) is 5.07. The Labute approximate surface area is 111 Å². The lowest BCUT2D eigenvalue weighted by molar-refractivity contribution is -0.141. The van der Waals surface area contributed by atoms with Crippen molar-refractivity contribution in [2.75, 3.05) is 13.1 Å². The Morgan fingerprint density at radius 3 is 2.63 bits per heavy atom. The number of nitrogens with zero attached hydrogens (tertiary/aromatic N) is 2. The van der Waals surface area contributed by atoms with Crippen LogP contribution in [0.1, 0.15) is 36.3 Å². The van der Waals surface area contributed by atoms with Crippen LogP contribution in [0.4, 0.5) is 0 Å². The molecule has 1 aliphatic heterocycles. The molecule has 104 valence electrons. The van der Waals surface area contributed by atoms with Gasteiger partial charge in [-0.3, -0.25) is 9.59 Å². The van der Waals surface area contributed by atoms with Crippen LogP contribution in [0.2, 0.25) is 0 Å². The number of carbonyl (C=O) groups excluding carboxylic acids is 1. The molecule has 0 spiro atoms. The lowest BCUT2D eigenvalue weighted by Gasteiger charge is -2.20. The van der Waals surface area contributed by atoms with Gasteiger partial charge in [-0.15, -0.1) is 0 Å². The van der Waals surface area contributed by atoms with Crippen LogP contribution >= 0.6 is 0 Å². The summed E-state index contributed by atoms with van der Waals surface area (Å²) in [4.78, 5) is 24.9. The fourth-order valence-electron chi connectivity index (χ4n) is 2.67. The first kappa shape index (κ1) is 13.6. The van der Waals surface area contributed by atoms with Crippen LogP contribution in [-0.2, 0) is 9.59 Å². The van der Waals surface area contributed by atoms with E-state index in [4.69, 9.17) is 9.63 Å². The lowest BCUT2D eigenvalue weighted by atomic mass is 9.98. The highest BCUT2D eigenvalue weighted by Gasteiger charge is 2.34. The van der Waals surface area contributed by atoms with Crippen molar-refractivity contribution in [3.8, 4) is 0 Å². The van der Waals surface area contributed by atoms with Gasteiger partial charge in [-0.25, -0.2) is 0 Å². The molecular formula is C13H18N2O4. The second kappa shape index (κ2) is 5.03. The maximum atomic E-state index is 12.4. The molecule has 1 aliphatic rings. The smallest absolute Gasteiger partial charge is 0.308 e. The molecule has 2 heterocycles. The maximum Gasteiger partial charge on any atom is 0.308 e. The van der Waals surface area contributed by atoms with Crippen molar-refractivity contribution in [1.29, 1.82) is 0 Å². The van der Waals surface area contributed by atoms with Crippen molar-refractivity contribution >= 4 is 11.9 Å². The fourth-order valence-corrected chi connectivity index (χ4v) is 2.67. The predicted octanol–water partition coefficient (Wildman–Crippen LogP) is 1.33. The molecule has 1 amide bonds. The summed E-state index contributed by atoms with van der Waals surface area (Å²) in [5.74, 6) is -1.04. The minimum atomic E-state index is -0.833. The molecule has 19 heavy (non-hydrogen) atoms. The number of likely N-dealkylation sites (tertiary alicyclic amines) is 1. The average molecular weight is 266 g/mol. The minimum Gasteiger partial charge on any atom is -0.481 e. The van der Waals surface area contributed by atoms with Crippen LogP contribution in [0.25, 0.3) is 0 Å². The van der Waals surface area contributed by atoms with Crippen molar-refractivity contribution in [1.82, 2.24) is 10.1 Å². The molecule has 1 N–H and O–H groups in total. The number of aryl methyl sites for hydroxylation is 2. The first-order chi connectivity index (χ1) is 8.91. The molecule has 6 heteroatoms. The van der Waals surface area contributed by atoms with Crippen LogP contribution in [0.5, 0.6) is 0 Å². The quantitative estimate of drug-likeness (QED) is 0.892. The molecule has 2 rings (SSSR count). The van der Waals surface area contributed by atoms with Gasteiger partial charge < -0.3 is 14.5 Å². The van der Waals surface area contributed by atoms with Gasteiger partial charge in [-0.1, -0.05) is 5.16 Å². The molecule has 6 nitrogen and oxygen atoms in total. The standard InChI is InChI=1S/C13H18N2O4/c1-7(11-8(2)14-19-9(11)3)12(16)15-5-4-10(6-15)13(17)18/h7,10H,4-6H2,1-3H3,(H,17,18). The molecule has 2 unspecified atom stereocenters. The van der Waals surface area contributed by atoms with Crippen LogP contribution in [0.15, 0.2) is 4.52 Å². The average Bonchev–Trinajstić information content (AvgIpc) is 2.95. The van der Waals surface area contributed by atoms with Gasteiger partial charge >= 0.3 is 5.97 Å². The third-order valence-corrected chi connectivity index (χ3v) is 3.74. The number of aromatic nitrogens is 1. The number of hydrogen-bond acceptors (Lipinski definition) is 4. The SMILES string of the molecule is Cc1noc(C)c1C(C)C(=O)N1CCC(C(=O)O)C1. The number of amides is 1. The first-order valence-corrected chi connectivity index (χ1v) is 6.36. The fraction of sp³-hybridized carbons (Fsp3) is 0.615. The Morgan fingerprint density at radius 2 is 2.16 bits per heavy atom. The molecule has 1 fully saturated rings. The summed E-state index contributed by atoms with van der Waals surface area (Å²) in [6, 6.07) is 0. The summed E-state index contributed by atoms with van der Waals surface area (Å²) < 4.78 is 5.07. The number of carboxylic acids is 1. The van der Waals surface area contributed by atoms with Crippen molar-refractivity contribution in [2.24, 2.45) is 5.92 Å². The Balaban J connectivity index is 2.11. The topological polar surface area (TPSA) is 83.6 Å². The maximum absolute atomic E-state index is 12.4. The highest BCUT2D eigenvalue weighted by Crippen LogP contribution is 2.27. The second-order valence-corrected chi connectivity index (χ2v) is 5.07. The van der Waals surface area contributed by atoms with Gasteiger partial charge in [0.2, 0.25) is 5.91 Å². The minimum absolute atomic E-state index is 0.0573. The largest absolute Gasteiger partial charge is 0.481 e. The highest BCUT2D eigenvalue weighted by molar-refractivity contribution is 5.85. The molecule has 0 saturated carbocycles. The molecule has 2 atom stereocenters. The van der Waals surface area contributed by atoms with E-state index in [0.717, 1.165) is 5.56 Å². The summed E-state index contributed by atoms with van der Waals surface area (Å²) in [5.41, 5.74) is 1.52. The number of rotatable bonds is 3. The van der Waals surface area contributed by atoms with Crippen LogP contribution in [0.3, 0.4) is 0 Å². The number of carbonyl (C=O) groups is 2. The van der Waals surface area contributed by atoms with E-state index in [9.17, 15) is 9.59 Å². The molecule has 0 aliphatic carbocycles. The van der Waals surface area contributed by atoms with E-state index in [1.54, 1.807) is 18.7 Å². The van der Waals surface area contributed by atoms with E-state index < -0.39 is 11.9 Å². The van der Waals surface area contributed by atoms with E-state index in [1.807, 2.05) is 6.92 Å². The van der Waals surface area contributed by atoms with Gasteiger partial charge in [0.1, 0.15) is 5.76 Å². The Hall–Kier alpha value is -1.85. The summed E-state index contributed by atoms with van der Waals surface area (Å²) in [6.07, 6.45) is 0.523. The molecule has 0 aromatic carbocycles. The van der Waals surface area contributed by atoms with Gasteiger partial charge in [0, 0.05) is 18.7 Å². The van der Waals surface area contributed by atoms with Crippen molar-refractivity contribution < 1.29 is 19.2 Å². The van der Waals surface area contributed by atoms with E-state index in [2.05, 4.69) is 5.16 Å². The molecular weight excluding hydrogens is 248 g/mol. The summed E-state index contributed by atoms with van der Waals surface area (Å²) in [7, 11) is 0. The Morgan fingerprint density at radius 1 is 1.47 bits per heavy atom. The zero-order valence-electron chi connectivity index (χ0n) is 11.3. The monoisotopic (exact) mass is 266 g/mol. The molecule has 1 aromatic rings. The van der Waals surface area contributed by atoms with Crippen LogP contribution in [0, 0.1) is 19.8 Å². The van der Waals surface area contributed by atoms with Crippen LogP contribution in [-0.4, -0.2) is 40.1 Å².